The standard InChI is InChI=1S/C17H24N2O/c1-19(16-9-4-2-3-5-10-16)12-13-20-17-11-7-6-8-15(17)14-18/h6-8,11,16H,2-5,9-10,12-13H2,1H3. The fourth-order valence-corrected chi connectivity index (χ4v) is 2.87. The van der Waals surface area contributed by atoms with E-state index in [1.807, 2.05) is 18.2 Å². The van der Waals surface area contributed by atoms with Crippen LogP contribution in [0.25, 0.3) is 0 Å². The van der Waals surface area contributed by atoms with Crippen LogP contribution in [0.4, 0.5) is 0 Å². The van der Waals surface area contributed by atoms with E-state index in [2.05, 4.69) is 18.0 Å². The van der Waals surface area contributed by atoms with Crippen LogP contribution in [0.2, 0.25) is 0 Å². The Kier molecular flexibility index (Phi) is 5.88. The third-order valence-corrected chi connectivity index (χ3v) is 4.16. The second-order valence-corrected chi connectivity index (χ2v) is 5.58. The summed E-state index contributed by atoms with van der Waals surface area (Å²) in [5, 5.41) is 9.02. The van der Waals surface area contributed by atoms with Gasteiger partial charge in [-0.05, 0) is 32.0 Å². The van der Waals surface area contributed by atoms with E-state index < -0.39 is 0 Å². The lowest BCUT2D eigenvalue weighted by Gasteiger charge is -2.26. The lowest BCUT2D eigenvalue weighted by molar-refractivity contribution is 0.178. The molecule has 0 radical (unpaired) electrons. The zero-order valence-electron chi connectivity index (χ0n) is 12.3. The number of ether oxygens (including phenoxy) is 1. The van der Waals surface area contributed by atoms with Gasteiger partial charge in [0.25, 0.3) is 0 Å². The Balaban J connectivity index is 1.78. The van der Waals surface area contributed by atoms with E-state index in [0.29, 0.717) is 24.0 Å². The predicted octanol–water partition coefficient (Wildman–Crippen LogP) is 3.59. The van der Waals surface area contributed by atoms with Crippen molar-refractivity contribution >= 4 is 0 Å². The van der Waals surface area contributed by atoms with Crippen LogP contribution in [0.1, 0.15) is 44.1 Å². The van der Waals surface area contributed by atoms with Crippen molar-refractivity contribution < 1.29 is 4.74 Å². The Morgan fingerprint density at radius 2 is 1.90 bits per heavy atom. The number of hydrogen-bond acceptors (Lipinski definition) is 3. The SMILES string of the molecule is CN(CCOc1ccccc1C#N)C1CCCCCC1. The van der Waals surface area contributed by atoms with Crippen LogP contribution in [-0.4, -0.2) is 31.1 Å². The van der Waals surface area contributed by atoms with Gasteiger partial charge in [0.05, 0.1) is 5.56 Å². The number of likely N-dealkylation sites (N-methyl/N-ethyl adjacent to an activating group) is 1. The summed E-state index contributed by atoms with van der Waals surface area (Å²) >= 11 is 0. The Morgan fingerprint density at radius 1 is 1.20 bits per heavy atom. The van der Waals surface area contributed by atoms with Crippen molar-refractivity contribution in [1.82, 2.24) is 4.90 Å². The maximum Gasteiger partial charge on any atom is 0.137 e. The molecule has 108 valence electrons. The summed E-state index contributed by atoms with van der Waals surface area (Å²) in [5.74, 6) is 0.698. The zero-order valence-corrected chi connectivity index (χ0v) is 12.3. The molecule has 1 fully saturated rings. The Morgan fingerprint density at radius 3 is 2.60 bits per heavy atom. The first-order valence-corrected chi connectivity index (χ1v) is 7.63. The van der Waals surface area contributed by atoms with E-state index in [4.69, 9.17) is 10.00 Å². The lowest BCUT2D eigenvalue weighted by Crippen LogP contribution is -2.34. The van der Waals surface area contributed by atoms with Gasteiger partial charge >= 0.3 is 0 Å². The number of benzene rings is 1. The summed E-state index contributed by atoms with van der Waals surface area (Å²) in [4.78, 5) is 2.42. The van der Waals surface area contributed by atoms with Crippen LogP contribution in [0.5, 0.6) is 5.75 Å². The smallest absolute Gasteiger partial charge is 0.137 e. The van der Waals surface area contributed by atoms with E-state index in [0.717, 1.165) is 6.54 Å². The average Bonchev–Trinajstić information content (AvgIpc) is 2.77. The van der Waals surface area contributed by atoms with E-state index in [9.17, 15) is 0 Å². The van der Waals surface area contributed by atoms with Crippen LogP contribution < -0.4 is 4.74 Å². The third-order valence-electron chi connectivity index (χ3n) is 4.16. The summed E-state index contributed by atoms with van der Waals surface area (Å²) in [6.45, 7) is 1.57. The van der Waals surface area contributed by atoms with Gasteiger partial charge in [0.1, 0.15) is 18.4 Å². The molecule has 1 aliphatic rings. The fourth-order valence-electron chi connectivity index (χ4n) is 2.87. The molecule has 0 saturated heterocycles. The van der Waals surface area contributed by atoms with Gasteiger partial charge in [-0.25, -0.2) is 0 Å². The van der Waals surface area contributed by atoms with Gasteiger partial charge in [-0.3, -0.25) is 0 Å². The van der Waals surface area contributed by atoms with Crippen molar-refractivity contribution in [2.45, 2.75) is 44.6 Å². The monoisotopic (exact) mass is 272 g/mol. The fraction of sp³-hybridized carbons (Fsp3) is 0.588. The maximum atomic E-state index is 9.02. The summed E-state index contributed by atoms with van der Waals surface area (Å²) < 4.78 is 5.76. The van der Waals surface area contributed by atoms with Gasteiger partial charge in [-0.15, -0.1) is 0 Å². The molecule has 3 nitrogen and oxygen atoms in total. The highest BCUT2D eigenvalue weighted by molar-refractivity contribution is 5.42. The highest BCUT2D eigenvalue weighted by atomic mass is 16.5. The molecule has 0 aliphatic heterocycles. The molecule has 1 saturated carbocycles. The molecule has 0 heterocycles. The number of nitrogens with zero attached hydrogens (tertiary/aromatic N) is 2. The van der Waals surface area contributed by atoms with Gasteiger partial charge in [0, 0.05) is 12.6 Å². The minimum atomic E-state index is 0.615. The summed E-state index contributed by atoms with van der Waals surface area (Å²) in [5.41, 5.74) is 0.615. The van der Waals surface area contributed by atoms with Crippen LogP contribution in [0.3, 0.4) is 0 Å². The molecule has 1 aromatic carbocycles. The molecular formula is C17H24N2O. The Labute approximate surface area is 122 Å². The van der Waals surface area contributed by atoms with Crippen molar-refractivity contribution in [2.75, 3.05) is 20.2 Å². The van der Waals surface area contributed by atoms with Gasteiger partial charge in [0.15, 0.2) is 0 Å². The summed E-state index contributed by atoms with van der Waals surface area (Å²) in [7, 11) is 2.19. The van der Waals surface area contributed by atoms with Crippen LogP contribution in [0, 0.1) is 11.3 Å². The highest BCUT2D eigenvalue weighted by Crippen LogP contribution is 2.21. The third kappa shape index (κ3) is 4.25. The average molecular weight is 272 g/mol. The Bertz CT molecular complexity index is 445. The predicted molar refractivity (Wildman–Crippen MR) is 80.8 cm³/mol. The van der Waals surface area contributed by atoms with Gasteiger partial charge in [-0.1, -0.05) is 37.8 Å². The zero-order chi connectivity index (χ0) is 14.2. The van der Waals surface area contributed by atoms with Crippen LogP contribution >= 0.6 is 0 Å². The van der Waals surface area contributed by atoms with Crippen molar-refractivity contribution in [1.29, 1.82) is 5.26 Å². The van der Waals surface area contributed by atoms with Crippen molar-refractivity contribution in [3.63, 3.8) is 0 Å². The molecule has 0 aromatic heterocycles. The van der Waals surface area contributed by atoms with Crippen molar-refractivity contribution in [2.24, 2.45) is 0 Å². The quantitative estimate of drug-likeness (QED) is 0.768. The number of para-hydroxylation sites is 1. The summed E-state index contributed by atoms with van der Waals surface area (Å²) in [6, 6.07) is 10.3. The minimum absolute atomic E-state index is 0.615. The normalized spacial score (nSPS) is 16.6. The van der Waals surface area contributed by atoms with Crippen LogP contribution in [-0.2, 0) is 0 Å². The van der Waals surface area contributed by atoms with Crippen LogP contribution in [0.15, 0.2) is 24.3 Å². The Hall–Kier alpha value is -1.53. The molecule has 0 N–H and O–H groups in total. The van der Waals surface area contributed by atoms with Gasteiger partial charge in [-0.2, -0.15) is 5.26 Å². The highest BCUT2D eigenvalue weighted by Gasteiger charge is 2.16. The number of rotatable bonds is 5. The molecular weight excluding hydrogens is 248 g/mol. The van der Waals surface area contributed by atoms with Crippen molar-refractivity contribution in [3.8, 4) is 11.8 Å². The lowest BCUT2D eigenvalue weighted by atomic mass is 10.1. The first-order valence-electron chi connectivity index (χ1n) is 7.63. The molecule has 3 heteroatoms. The van der Waals surface area contributed by atoms with E-state index in [-0.39, 0.29) is 0 Å². The molecule has 0 amide bonds. The number of nitriles is 1. The topological polar surface area (TPSA) is 36.3 Å². The molecule has 1 aliphatic carbocycles. The minimum Gasteiger partial charge on any atom is -0.491 e. The number of hydrogen-bond donors (Lipinski definition) is 0. The largest absolute Gasteiger partial charge is 0.491 e. The molecule has 1 aromatic rings. The maximum absolute atomic E-state index is 9.02. The molecule has 0 bridgehead atoms. The second-order valence-electron chi connectivity index (χ2n) is 5.58. The van der Waals surface area contributed by atoms with Gasteiger partial charge < -0.3 is 9.64 Å². The molecule has 2 rings (SSSR count). The second kappa shape index (κ2) is 7.91. The first-order chi connectivity index (χ1) is 9.81. The van der Waals surface area contributed by atoms with Gasteiger partial charge in [0.2, 0.25) is 0 Å². The molecule has 20 heavy (non-hydrogen) atoms. The first kappa shape index (κ1) is 14.9. The van der Waals surface area contributed by atoms with E-state index >= 15 is 0 Å². The molecule has 0 unspecified atom stereocenters. The molecule has 0 atom stereocenters. The van der Waals surface area contributed by atoms with E-state index in [1.54, 1.807) is 6.07 Å². The van der Waals surface area contributed by atoms with Crippen molar-refractivity contribution in [3.05, 3.63) is 29.8 Å². The van der Waals surface area contributed by atoms with E-state index in [1.165, 1.54) is 38.5 Å². The molecule has 0 spiro atoms. The summed E-state index contributed by atoms with van der Waals surface area (Å²) in [6.07, 6.45) is 8.10.